The zero-order valence-electron chi connectivity index (χ0n) is 13.5. The second-order valence-corrected chi connectivity index (χ2v) is 4.99. The second-order valence-electron chi connectivity index (χ2n) is 4.99. The number of para-hydroxylation sites is 1. The fraction of sp³-hybridized carbons (Fsp3) is 0.438. The Morgan fingerprint density at radius 2 is 1.83 bits per heavy atom. The molecule has 7 nitrogen and oxygen atoms in total. The zero-order chi connectivity index (χ0) is 16.2. The number of aryl methyl sites for hydroxylation is 1. The topological polar surface area (TPSA) is 76.4 Å². The number of hydrogen-bond donors (Lipinski definition) is 2. The number of benzene rings is 1. The van der Waals surface area contributed by atoms with Gasteiger partial charge in [0.05, 0.1) is 6.54 Å². The van der Waals surface area contributed by atoms with Gasteiger partial charge in [-0.1, -0.05) is 18.2 Å². The third-order valence-electron chi connectivity index (χ3n) is 3.23. The minimum Gasteiger partial charge on any atom is -0.492 e. The number of unbranched alkanes of at least 4 members (excludes halogenated alkanes) is 1. The number of nitrogens with one attached hydrogen (secondary N) is 2. The molecule has 2 rings (SSSR count). The van der Waals surface area contributed by atoms with Crippen LogP contribution >= 0.6 is 0 Å². The molecule has 0 saturated carbocycles. The average Bonchev–Trinajstić information content (AvgIpc) is 3.11. The van der Waals surface area contributed by atoms with Crippen LogP contribution in [0.2, 0.25) is 0 Å². The van der Waals surface area contributed by atoms with Crippen molar-refractivity contribution in [2.75, 3.05) is 26.7 Å². The molecule has 0 radical (unpaired) electrons. The van der Waals surface area contributed by atoms with Gasteiger partial charge < -0.3 is 19.9 Å². The van der Waals surface area contributed by atoms with E-state index in [2.05, 4.69) is 25.8 Å². The van der Waals surface area contributed by atoms with Crippen LogP contribution in [-0.2, 0) is 6.54 Å². The van der Waals surface area contributed by atoms with Crippen molar-refractivity contribution in [3.8, 4) is 5.75 Å². The third kappa shape index (κ3) is 6.82. The molecule has 0 amide bonds. The van der Waals surface area contributed by atoms with Gasteiger partial charge in [0.2, 0.25) is 0 Å². The Morgan fingerprint density at radius 1 is 1.09 bits per heavy atom. The predicted octanol–water partition coefficient (Wildman–Crippen LogP) is 1.30. The van der Waals surface area contributed by atoms with Crippen LogP contribution in [0.25, 0.3) is 0 Å². The molecular formula is C16H24N6O. The van der Waals surface area contributed by atoms with Gasteiger partial charge in [0.25, 0.3) is 0 Å². The first-order valence-electron chi connectivity index (χ1n) is 7.83. The van der Waals surface area contributed by atoms with E-state index in [9.17, 15) is 0 Å². The maximum Gasteiger partial charge on any atom is 0.191 e. The van der Waals surface area contributed by atoms with E-state index in [1.54, 1.807) is 19.7 Å². The van der Waals surface area contributed by atoms with E-state index in [-0.39, 0.29) is 0 Å². The fourth-order valence-corrected chi connectivity index (χ4v) is 2.04. The highest BCUT2D eigenvalue weighted by atomic mass is 16.5. The number of guanidine groups is 1. The first-order chi connectivity index (χ1) is 11.4. The average molecular weight is 316 g/mol. The Balaban J connectivity index is 1.51. The Kier molecular flexibility index (Phi) is 7.45. The lowest BCUT2D eigenvalue weighted by Crippen LogP contribution is -2.39. The van der Waals surface area contributed by atoms with E-state index in [1.165, 1.54) is 0 Å². The van der Waals surface area contributed by atoms with Crippen molar-refractivity contribution in [3.63, 3.8) is 0 Å². The molecule has 0 aliphatic carbocycles. The predicted molar refractivity (Wildman–Crippen MR) is 90.6 cm³/mol. The van der Waals surface area contributed by atoms with Crippen LogP contribution in [0.1, 0.15) is 12.8 Å². The number of rotatable bonds is 9. The van der Waals surface area contributed by atoms with E-state index >= 15 is 0 Å². The molecule has 1 aromatic heterocycles. The second kappa shape index (κ2) is 10.2. The van der Waals surface area contributed by atoms with Crippen molar-refractivity contribution in [1.82, 2.24) is 25.4 Å². The van der Waals surface area contributed by atoms with E-state index < -0.39 is 0 Å². The monoisotopic (exact) mass is 316 g/mol. The van der Waals surface area contributed by atoms with Gasteiger partial charge in [-0.25, -0.2) is 0 Å². The standard InChI is InChI=1S/C16H24N6O/c1-17-16(18-9-5-6-11-22-13-20-21-14-22)19-10-12-23-15-7-3-2-4-8-15/h2-4,7-8,13-14H,5-6,9-12H2,1H3,(H2,17,18,19). The minimum atomic E-state index is 0.596. The van der Waals surface area contributed by atoms with Gasteiger partial charge in [-0.05, 0) is 25.0 Å². The summed E-state index contributed by atoms with van der Waals surface area (Å²) in [5, 5.41) is 14.1. The summed E-state index contributed by atoms with van der Waals surface area (Å²) in [4.78, 5) is 4.19. The summed E-state index contributed by atoms with van der Waals surface area (Å²) in [5.41, 5.74) is 0. The maximum absolute atomic E-state index is 5.63. The molecule has 124 valence electrons. The lowest BCUT2D eigenvalue weighted by atomic mass is 10.3. The molecule has 0 unspecified atom stereocenters. The van der Waals surface area contributed by atoms with Gasteiger partial charge >= 0.3 is 0 Å². The minimum absolute atomic E-state index is 0.596. The largest absolute Gasteiger partial charge is 0.492 e. The molecule has 0 spiro atoms. The zero-order valence-corrected chi connectivity index (χ0v) is 13.5. The Bertz CT molecular complexity index is 555. The van der Waals surface area contributed by atoms with Crippen molar-refractivity contribution in [3.05, 3.63) is 43.0 Å². The van der Waals surface area contributed by atoms with Crippen LogP contribution in [0.15, 0.2) is 48.0 Å². The first kappa shape index (κ1) is 16.8. The molecule has 2 aromatic rings. The maximum atomic E-state index is 5.63. The smallest absolute Gasteiger partial charge is 0.191 e. The van der Waals surface area contributed by atoms with Crippen molar-refractivity contribution in [1.29, 1.82) is 0 Å². The number of aromatic nitrogens is 3. The number of ether oxygens (including phenoxy) is 1. The van der Waals surface area contributed by atoms with Gasteiger partial charge in [-0.2, -0.15) is 0 Å². The van der Waals surface area contributed by atoms with E-state index in [0.717, 1.165) is 37.6 Å². The van der Waals surface area contributed by atoms with Crippen molar-refractivity contribution < 1.29 is 4.74 Å². The lowest BCUT2D eigenvalue weighted by molar-refractivity contribution is 0.322. The molecular weight excluding hydrogens is 292 g/mol. The molecule has 1 heterocycles. The van der Waals surface area contributed by atoms with Crippen LogP contribution in [0.5, 0.6) is 5.75 Å². The summed E-state index contributed by atoms with van der Waals surface area (Å²) in [7, 11) is 1.77. The molecule has 23 heavy (non-hydrogen) atoms. The van der Waals surface area contributed by atoms with Gasteiger partial charge in [0.15, 0.2) is 5.96 Å². The van der Waals surface area contributed by atoms with E-state index in [4.69, 9.17) is 4.74 Å². The van der Waals surface area contributed by atoms with Crippen LogP contribution < -0.4 is 15.4 Å². The number of aliphatic imine (C=N–C) groups is 1. The van der Waals surface area contributed by atoms with Crippen LogP contribution in [0.3, 0.4) is 0 Å². The fourth-order valence-electron chi connectivity index (χ4n) is 2.04. The number of nitrogens with zero attached hydrogens (tertiary/aromatic N) is 4. The van der Waals surface area contributed by atoms with Crippen LogP contribution in [0.4, 0.5) is 0 Å². The molecule has 0 fully saturated rings. The van der Waals surface area contributed by atoms with Crippen molar-refractivity contribution >= 4 is 5.96 Å². The summed E-state index contributed by atoms with van der Waals surface area (Å²) < 4.78 is 7.61. The summed E-state index contributed by atoms with van der Waals surface area (Å²) >= 11 is 0. The van der Waals surface area contributed by atoms with Gasteiger partial charge in [0.1, 0.15) is 25.0 Å². The Hall–Kier alpha value is -2.57. The summed E-state index contributed by atoms with van der Waals surface area (Å²) in [6, 6.07) is 9.79. The highest BCUT2D eigenvalue weighted by Gasteiger charge is 1.98. The van der Waals surface area contributed by atoms with Crippen LogP contribution in [-0.4, -0.2) is 47.5 Å². The Labute approximate surface area is 136 Å². The third-order valence-corrected chi connectivity index (χ3v) is 3.23. The van der Waals surface area contributed by atoms with Gasteiger partial charge in [0, 0.05) is 20.1 Å². The summed E-state index contributed by atoms with van der Waals surface area (Å²) in [5.74, 6) is 1.68. The quantitative estimate of drug-likeness (QED) is 0.414. The van der Waals surface area contributed by atoms with E-state index in [0.29, 0.717) is 13.2 Å². The molecule has 7 heteroatoms. The first-order valence-corrected chi connectivity index (χ1v) is 7.83. The Morgan fingerprint density at radius 3 is 2.57 bits per heavy atom. The lowest BCUT2D eigenvalue weighted by Gasteiger charge is -2.12. The van der Waals surface area contributed by atoms with E-state index in [1.807, 2.05) is 34.9 Å². The van der Waals surface area contributed by atoms with Gasteiger partial charge in [-0.15, -0.1) is 10.2 Å². The van der Waals surface area contributed by atoms with Gasteiger partial charge in [-0.3, -0.25) is 4.99 Å². The molecule has 0 saturated heterocycles. The van der Waals surface area contributed by atoms with Crippen LogP contribution in [0, 0.1) is 0 Å². The highest BCUT2D eigenvalue weighted by Crippen LogP contribution is 2.07. The molecule has 0 aliphatic heterocycles. The molecule has 0 bridgehead atoms. The summed E-state index contributed by atoms with van der Waals surface area (Å²) in [6.45, 7) is 3.11. The molecule has 0 aliphatic rings. The molecule has 1 aromatic carbocycles. The summed E-state index contributed by atoms with van der Waals surface area (Å²) in [6.07, 6.45) is 5.60. The van der Waals surface area contributed by atoms with Crippen molar-refractivity contribution in [2.45, 2.75) is 19.4 Å². The normalized spacial score (nSPS) is 11.3. The number of hydrogen-bond acceptors (Lipinski definition) is 4. The highest BCUT2D eigenvalue weighted by molar-refractivity contribution is 5.79. The SMILES string of the molecule is CN=C(NCCCCn1cnnc1)NCCOc1ccccc1. The van der Waals surface area contributed by atoms with Crippen molar-refractivity contribution in [2.24, 2.45) is 4.99 Å². The molecule has 2 N–H and O–H groups in total. The molecule has 0 atom stereocenters.